The Labute approximate surface area is 119 Å². The molecular formula is C12H10Cl2N2OS. The zero-order valence-corrected chi connectivity index (χ0v) is 11.6. The number of fused-ring (bicyclic) bond motifs is 1. The summed E-state index contributed by atoms with van der Waals surface area (Å²) in [5.41, 5.74) is 0.899. The van der Waals surface area contributed by atoms with Gasteiger partial charge < -0.3 is 10.0 Å². The van der Waals surface area contributed by atoms with Gasteiger partial charge in [0.1, 0.15) is 6.04 Å². The molecule has 1 aromatic rings. The maximum absolute atomic E-state index is 9.56. The first-order valence-corrected chi connectivity index (χ1v) is 7.09. The SMILES string of the molecule is OCC1C(c2ccc(Cl)cc2Cl)N=C2SC=CN21. The quantitative estimate of drug-likeness (QED) is 0.910. The molecule has 94 valence electrons. The van der Waals surface area contributed by atoms with Crippen molar-refractivity contribution < 1.29 is 5.11 Å². The molecule has 3 rings (SSSR count). The lowest BCUT2D eigenvalue weighted by molar-refractivity contribution is 0.202. The summed E-state index contributed by atoms with van der Waals surface area (Å²) in [6.45, 7) is 0.0293. The van der Waals surface area contributed by atoms with Gasteiger partial charge in [0, 0.05) is 16.2 Å². The van der Waals surface area contributed by atoms with E-state index in [1.54, 1.807) is 23.9 Å². The van der Waals surface area contributed by atoms with Crippen LogP contribution >= 0.6 is 35.0 Å². The smallest absolute Gasteiger partial charge is 0.168 e. The highest BCUT2D eigenvalue weighted by atomic mass is 35.5. The van der Waals surface area contributed by atoms with Crippen LogP contribution in [0.25, 0.3) is 0 Å². The van der Waals surface area contributed by atoms with E-state index in [1.165, 1.54) is 0 Å². The molecule has 6 heteroatoms. The fraction of sp³-hybridized carbons (Fsp3) is 0.250. The van der Waals surface area contributed by atoms with Gasteiger partial charge in [-0.05, 0) is 23.1 Å². The third-order valence-electron chi connectivity index (χ3n) is 3.06. The summed E-state index contributed by atoms with van der Waals surface area (Å²) in [4.78, 5) is 6.60. The Bertz CT molecular complexity index is 547. The molecule has 0 spiro atoms. The molecule has 3 nitrogen and oxygen atoms in total. The number of benzene rings is 1. The van der Waals surface area contributed by atoms with Crippen molar-refractivity contribution in [2.24, 2.45) is 4.99 Å². The van der Waals surface area contributed by atoms with Gasteiger partial charge in [-0.1, -0.05) is 41.0 Å². The Balaban J connectivity index is 1.99. The Kier molecular flexibility index (Phi) is 3.28. The number of hydrogen-bond donors (Lipinski definition) is 1. The van der Waals surface area contributed by atoms with Crippen LogP contribution in [0.4, 0.5) is 0 Å². The highest BCUT2D eigenvalue weighted by Gasteiger charge is 2.38. The largest absolute Gasteiger partial charge is 0.394 e. The average Bonchev–Trinajstić information content (AvgIpc) is 2.88. The molecule has 18 heavy (non-hydrogen) atoms. The second-order valence-electron chi connectivity index (χ2n) is 4.08. The van der Waals surface area contributed by atoms with Crippen molar-refractivity contribution in [3.8, 4) is 0 Å². The lowest BCUT2D eigenvalue weighted by atomic mass is 10.0. The summed E-state index contributed by atoms with van der Waals surface area (Å²) < 4.78 is 0. The molecule has 0 aliphatic carbocycles. The van der Waals surface area contributed by atoms with E-state index >= 15 is 0 Å². The van der Waals surface area contributed by atoms with E-state index < -0.39 is 0 Å². The number of amidine groups is 1. The second-order valence-corrected chi connectivity index (χ2v) is 5.80. The summed E-state index contributed by atoms with van der Waals surface area (Å²) in [6, 6.07) is 5.14. The van der Waals surface area contributed by atoms with Crippen LogP contribution in [-0.2, 0) is 0 Å². The van der Waals surface area contributed by atoms with E-state index in [1.807, 2.05) is 22.6 Å². The van der Waals surface area contributed by atoms with Crippen molar-refractivity contribution in [1.82, 2.24) is 4.90 Å². The minimum Gasteiger partial charge on any atom is -0.394 e. The van der Waals surface area contributed by atoms with E-state index in [9.17, 15) is 5.11 Å². The van der Waals surface area contributed by atoms with Gasteiger partial charge in [-0.3, -0.25) is 4.99 Å². The number of hydrogen-bond acceptors (Lipinski definition) is 4. The minimum absolute atomic E-state index is 0.0293. The predicted molar refractivity (Wildman–Crippen MR) is 76.1 cm³/mol. The Morgan fingerprint density at radius 1 is 1.39 bits per heavy atom. The van der Waals surface area contributed by atoms with E-state index in [0.717, 1.165) is 10.7 Å². The summed E-state index contributed by atoms with van der Waals surface area (Å²) in [5.74, 6) is 0. The lowest BCUT2D eigenvalue weighted by Crippen LogP contribution is -2.33. The number of rotatable bonds is 2. The summed E-state index contributed by atoms with van der Waals surface area (Å²) in [6.07, 6.45) is 1.94. The monoisotopic (exact) mass is 300 g/mol. The zero-order valence-electron chi connectivity index (χ0n) is 9.25. The van der Waals surface area contributed by atoms with Crippen LogP contribution in [-0.4, -0.2) is 27.8 Å². The van der Waals surface area contributed by atoms with E-state index in [4.69, 9.17) is 23.2 Å². The van der Waals surface area contributed by atoms with Crippen molar-refractivity contribution in [2.45, 2.75) is 12.1 Å². The molecule has 2 unspecified atom stereocenters. The van der Waals surface area contributed by atoms with Crippen LogP contribution in [0.5, 0.6) is 0 Å². The molecule has 1 aromatic carbocycles. The van der Waals surface area contributed by atoms with Crippen LogP contribution in [0.3, 0.4) is 0 Å². The van der Waals surface area contributed by atoms with Crippen LogP contribution in [0, 0.1) is 0 Å². The van der Waals surface area contributed by atoms with Crippen LogP contribution < -0.4 is 0 Å². The lowest BCUT2D eigenvalue weighted by Gasteiger charge is -2.23. The van der Waals surface area contributed by atoms with Gasteiger partial charge in [0.2, 0.25) is 0 Å². The molecule has 2 aliphatic heterocycles. The van der Waals surface area contributed by atoms with Gasteiger partial charge in [-0.15, -0.1) is 0 Å². The Morgan fingerprint density at radius 3 is 2.94 bits per heavy atom. The maximum atomic E-state index is 9.56. The van der Waals surface area contributed by atoms with Gasteiger partial charge >= 0.3 is 0 Å². The molecule has 0 amide bonds. The molecule has 2 atom stereocenters. The minimum atomic E-state index is -0.146. The highest BCUT2D eigenvalue weighted by molar-refractivity contribution is 8.16. The van der Waals surface area contributed by atoms with Crippen molar-refractivity contribution in [3.63, 3.8) is 0 Å². The standard InChI is InChI=1S/C12H10Cl2N2OS/c13-7-1-2-8(9(14)5-7)11-10(6-17)16-3-4-18-12(16)15-11/h1-5,10-11,17H,6H2. The van der Waals surface area contributed by atoms with Crippen molar-refractivity contribution in [1.29, 1.82) is 0 Å². The van der Waals surface area contributed by atoms with Crippen molar-refractivity contribution in [3.05, 3.63) is 45.4 Å². The molecule has 1 N–H and O–H groups in total. The van der Waals surface area contributed by atoms with Crippen molar-refractivity contribution >= 4 is 40.1 Å². The summed E-state index contributed by atoms with van der Waals surface area (Å²) in [7, 11) is 0. The van der Waals surface area contributed by atoms with Crippen molar-refractivity contribution in [2.75, 3.05) is 6.61 Å². The molecule has 0 saturated carbocycles. The first kappa shape index (κ1) is 12.4. The van der Waals surface area contributed by atoms with Crippen LogP contribution in [0.1, 0.15) is 11.6 Å². The van der Waals surface area contributed by atoms with Crippen LogP contribution in [0.15, 0.2) is 34.8 Å². The third-order valence-corrected chi connectivity index (χ3v) is 4.40. The number of aliphatic imine (C=N–C) groups is 1. The van der Waals surface area contributed by atoms with Gasteiger partial charge in [-0.2, -0.15) is 0 Å². The number of thioether (sulfide) groups is 1. The van der Waals surface area contributed by atoms with Gasteiger partial charge in [0.25, 0.3) is 0 Å². The average molecular weight is 301 g/mol. The number of aliphatic hydroxyl groups excluding tert-OH is 1. The normalized spacial score (nSPS) is 25.5. The van der Waals surface area contributed by atoms with Gasteiger partial charge in [0.15, 0.2) is 5.17 Å². The number of halogens is 2. The fourth-order valence-corrected chi connectivity index (χ4v) is 3.52. The molecule has 0 saturated heterocycles. The van der Waals surface area contributed by atoms with Crippen LogP contribution in [0.2, 0.25) is 10.0 Å². The molecule has 2 aliphatic rings. The molecule has 0 radical (unpaired) electrons. The summed E-state index contributed by atoms with van der Waals surface area (Å²) >= 11 is 13.7. The number of nitrogens with zero attached hydrogens (tertiary/aromatic N) is 2. The molecular weight excluding hydrogens is 291 g/mol. The molecule has 0 aromatic heterocycles. The van der Waals surface area contributed by atoms with Gasteiger partial charge in [0.05, 0.1) is 12.6 Å². The molecule has 0 fully saturated rings. The van der Waals surface area contributed by atoms with E-state index in [2.05, 4.69) is 4.99 Å². The Morgan fingerprint density at radius 2 is 2.22 bits per heavy atom. The highest BCUT2D eigenvalue weighted by Crippen LogP contribution is 2.40. The van der Waals surface area contributed by atoms with E-state index in [0.29, 0.717) is 10.0 Å². The zero-order chi connectivity index (χ0) is 12.7. The number of aliphatic hydroxyl groups is 1. The first-order chi connectivity index (χ1) is 8.70. The summed E-state index contributed by atoms with van der Waals surface area (Å²) in [5, 5.41) is 13.6. The molecule has 0 bridgehead atoms. The Hall–Kier alpha value is -0.680. The molecule has 2 heterocycles. The first-order valence-electron chi connectivity index (χ1n) is 5.46. The topological polar surface area (TPSA) is 35.8 Å². The maximum Gasteiger partial charge on any atom is 0.168 e. The van der Waals surface area contributed by atoms with E-state index in [-0.39, 0.29) is 18.7 Å². The fourth-order valence-electron chi connectivity index (χ4n) is 2.19. The second kappa shape index (κ2) is 4.78. The predicted octanol–water partition coefficient (Wildman–Crippen LogP) is 3.29. The third kappa shape index (κ3) is 1.93. The van der Waals surface area contributed by atoms with Gasteiger partial charge in [-0.25, -0.2) is 0 Å².